The van der Waals surface area contributed by atoms with Crippen molar-refractivity contribution in [3.05, 3.63) is 53.9 Å². The molecule has 0 aliphatic carbocycles. The Labute approximate surface area is 204 Å². The van der Waals surface area contributed by atoms with Crippen LogP contribution in [0.15, 0.2) is 30.6 Å². The molecule has 1 fully saturated rings. The van der Waals surface area contributed by atoms with Crippen molar-refractivity contribution < 1.29 is 27.4 Å². The maximum absolute atomic E-state index is 13.3. The second-order valence-corrected chi connectivity index (χ2v) is 8.73. The standard InChI is InChI=1S/C22H27FN6O5S/c1-32-17-4-3-5-18(33-2)21(17)29-20(26-27-22(29)14-6-8-34-9-7-14)11-16(28-35(30)31)10-19-24-12-15(23)13-25-19/h3-5,12-14,16,28H,6-11H2,1-2H3,(H,30,31)/t16-/m0/s1. The highest BCUT2D eigenvalue weighted by atomic mass is 32.2. The quantitative estimate of drug-likeness (QED) is 0.396. The van der Waals surface area contributed by atoms with Gasteiger partial charge in [0.1, 0.15) is 34.7 Å². The molecule has 0 amide bonds. The summed E-state index contributed by atoms with van der Waals surface area (Å²) in [6.07, 6.45) is 4.03. The molecular formula is C22H27FN6O5S. The molecule has 1 aliphatic heterocycles. The number of nitrogens with one attached hydrogen (secondary N) is 1. The normalized spacial score (nSPS) is 16.1. The number of halogens is 1. The molecule has 3 aromatic rings. The van der Waals surface area contributed by atoms with Crippen molar-refractivity contribution in [2.24, 2.45) is 0 Å². The second-order valence-electron chi connectivity index (χ2n) is 8.00. The van der Waals surface area contributed by atoms with Gasteiger partial charge in [0, 0.05) is 38.0 Å². The minimum Gasteiger partial charge on any atom is -0.494 e. The lowest BCUT2D eigenvalue weighted by Gasteiger charge is -2.24. The molecular weight excluding hydrogens is 479 g/mol. The molecule has 0 spiro atoms. The van der Waals surface area contributed by atoms with Crippen LogP contribution in [0.3, 0.4) is 0 Å². The number of hydrogen-bond donors (Lipinski definition) is 2. The molecule has 1 aromatic carbocycles. The average molecular weight is 507 g/mol. The predicted octanol–water partition coefficient (Wildman–Crippen LogP) is 1.99. The van der Waals surface area contributed by atoms with Crippen LogP contribution in [-0.4, -0.2) is 67.0 Å². The average Bonchev–Trinajstić information content (AvgIpc) is 3.27. The first-order chi connectivity index (χ1) is 17.0. The number of nitrogens with zero attached hydrogens (tertiary/aromatic N) is 5. The van der Waals surface area contributed by atoms with Crippen molar-refractivity contribution in [3.8, 4) is 17.2 Å². The monoisotopic (exact) mass is 506 g/mol. The van der Waals surface area contributed by atoms with Crippen molar-refractivity contribution in [3.63, 3.8) is 0 Å². The van der Waals surface area contributed by atoms with Gasteiger partial charge in [0.25, 0.3) is 0 Å². The molecule has 2 aromatic heterocycles. The maximum atomic E-state index is 13.3. The van der Waals surface area contributed by atoms with Crippen LogP contribution in [0.5, 0.6) is 11.5 Å². The molecule has 0 bridgehead atoms. The fourth-order valence-corrected chi connectivity index (χ4v) is 4.61. The Morgan fingerprint density at radius 3 is 2.43 bits per heavy atom. The molecule has 2 N–H and O–H groups in total. The van der Waals surface area contributed by atoms with E-state index in [-0.39, 0.29) is 18.8 Å². The van der Waals surface area contributed by atoms with E-state index in [4.69, 9.17) is 14.2 Å². The van der Waals surface area contributed by atoms with E-state index in [1.165, 1.54) is 0 Å². The van der Waals surface area contributed by atoms with Crippen molar-refractivity contribution in [2.75, 3.05) is 27.4 Å². The maximum Gasteiger partial charge on any atom is 0.232 e. The topological polar surface area (TPSA) is 134 Å². The van der Waals surface area contributed by atoms with Crippen molar-refractivity contribution in [2.45, 2.75) is 37.6 Å². The summed E-state index contributed by atoms with van der Waals surface area (Å²) in [7, 11) is 3.14. The lowest BCUT2D eigenvalue weighted by Crippen LogP contribution is -2.36. The van der Waals surface area contributed by atoms with Crippen LogP contribution in [0.4, 0.5) is 4.39 Å². The zero-order chi connectivity index (χ0) is 24.8. The summed E-state index contributed by atoms with van der Waals surface area (Å²) in [5.41, 5.74) is 0.640. The van der Waals surface area contributed by atoms with Crippen LogP contribution in [0.1, 0.15) is 36.2 Å². The van der Waals surface area contributed by atoms with Gasteiger partial charge in [-0.15, -0.1) is 10.2 Å². The Morgan fingerprint density at radius 2 is 1.83 bits per heavy atom. The third-order valence-electron chi connectivity index (χ3n) is 5.77. The minimum absolute atomic E-state index is 0.0958. The SMILES string of the molecule is COc1cccc(OC)c1-n1c(C[C@H](Cc2ncc(F)cn2)NS(=O)O)nnc1C1CCOCC1. The van der Waals surface area contributed by atoms with Crippen molar-refractivity contribution in [1.82, 2.24) is 29.5 Å². The lowest BCUT2D eigenvalue weighted by atomic mass is 9.99. The van der Waals surface area contributed by atoms with Gasteiger partial charge in [0.15, 0.2) is 5.82 Å². The van der Waals surface area contributed by atoms with Gasteiger partial charge in [0.05, 0.1) is 26.6 Å². The molecule has 13 heteroatoms. The Kier molecular flexibility index (Phi) is 8.33. The van der Waals surface area contributed by atoms with Gasteiger partial charge in [-0.2, -0.15) is 0 Å². The number of methoxy groups -OCH3 is 2. The first-order valence-corrected chi connectivity index (χ1v) is 12.2. The number of hydrogen-bond acceptors (Lipinski definition) is 8. The van der Waals surface area contributed by atoms with Gasteiger partial charge in [-0.25, -0.2) is 23.3 Å². The molecule has 0 radical (unpaired) electrons. The van der Waals surface area contributed by atoms with Gasteiger partial charge < -0.3 is 14.2 Å². The van der Waals surface area contributed by atoms with Gasteiger partial charge in [-0.05, 0) is 25.0 Å². The summed E-state index contributed by atoms with van der Waals surface area (Å²) in [6, 6.07) is 4.86. The van der Waals surface area contributed by atoms with E-state index in [9.17, 15) is 13.2 Å². The molecule has 1 unspecified atom stereocenters. The summed E-state index contributed by atoms with van der Waals surface area (Å²) in [4.78, 5) is 7.96. The first-order valence-electron chi connectivity index (χ1n) is 11.1. The van der Waals surface area contributed by atoms with Crippen LogP contribution in [0, 0.1) is 5.82 Å². The molecule has 188 valence electrons. The summed E-state index contributed by atoms with van der Waals surface area (Å²) in [6.45, 7) is 1.23. The Hall–Kier alpha value is -3.00. The molecule has 1 saturated heterocycles. The van der Waals surface area contributed by atoms with Crippen LogP contribution < -0.4 is 14.2 Å². The van der Waals surface area contributed by atoms with E-state index < -0.39 is 23.1 Å². The molecule has 3 heterocycles. The first kappa shape index (κ1) is 25.1. The van der Waals surface area contributed by atoms with Crippen molar-refractivity contribution >= 4 is 11.3 Å². The van der Waals surface area contributed by atoms with Gasteiger partial charge in [-0.1, -0.05) is 6.07 Å². The number of benzene rings is 1. The van der Waals surface area contributed by atoms with Gasteiger partial charge >= 0.3 is 0 Å². The third-order valence-corrected chi connectivity index (χ3v) is 6.30. The molecule has 4 rings (SSSR count). The van der Waals surface area contributed by atoms with E-state index >= 15 is 0 Å². The Morgan fingerprint density at radius 1 is 1.17 bits per heavy atom. The van der Waals surface area contributed by atoms with Crippen molar-refractivity contribution in [1.29, 1.82) is 0 Å². The highest BCUT2D eigenvalue weighted by Crippen LogP contribution is 2.37. The van der Waals surface area contributed by atoms with E-state index in [0.717, 1.165) is 31.1 Å². The Bertz CT molecular complexity index is 1130. The number of ether oxygens (including phenoxy) is 3. The summed E-state index contributed by atoms with van der Waals surface area (Å²) < 4.78 is 55.8. The molecule has 35 heavy (non-hydrogen) atoms. The molecule has 11 nitrogen and oxygen atoms in total. The number of aromatic nitrogens is 5. The fourth-order valence-electron chi connectivity index (χ4n) is 4.16. The summed E-state index contributed by atoms with van der Waals surface area (Å²) in [5.74, 6) is 2.24. The molecule has 1 aliphatic rings. The van der Waals surface area contributed by atoms with E-state index in [2.05, 4.69) is 24.9 Å². The van der Waals surface area contributed by atoms with Gasteiger partial charge in [0.2, 0.25) is 11.3 Å². The smallest absolute Gasteiger partial charge is 0.232 e. The lowest BCUT2D eigenvalue weighted by molar-refractivity contribution is 0.0831. The van der Waals surface area contributed by atoms with E-state index in [1.54, 1.807) is 14.2 Å². The zero-order valence-electron chi connectivity index (χ0n) is 19.4. The largest absolute Gasteiger partial charge is 0.494 e. The molecule has 2 atom stereocenters. The summed E-state index contributed by atoms with van der Waals surface area (Å²) in [5, 5.41) is 8.98. The third kappa shape index (κ3) is 5.99. The second kappa shape index (κ2) is 11.6. The van der Waals surface area contributed by atoms with E-state index in [0.29, 0.717) is 42.0 Å². The number of rotatable bonds is 10. The Balaban J connectivity index is 1.77. The van der Waals surface area contributed by atoms with Crippen LogP contribution in [0.25, 0.3) is 5.69 Å². The van der Waals surface area contributed by atoms with E-state index in [1.807, 2.05) is 22.8 Å². The summed E-state index contributed by atoms with van der Waals surface area (Å²) >= 11 is -2.31. The fraction of sp³-hybridized carbons (Fsp3) is 0.455. The highest BCUT2D eigenvalue weighted by Gasteiger charge is 2.29. The minimum atomic E-state index is -2.31. The predicted molar refractivity (Wildman–Crippen MR) is 124 cm³/mol. The van der Waals surface area contributed by atoms with Crippen LogP contribution in [0.2, 0.25) is 0 Å². The number of para-hydroxylation sites is 1. The highest BCUT2D eigenvalue weighted by molar-refractivity contribution is 7.77. The molecule has 0 saturated carbocycles. The zero-order valence-corrected chi connectivity index (χ0v) is 20.2. The van der Waals surface area contributed by atoms with Crippen LogP contribution in [-0.2, 0) is 28.8 Å². The van der Waals surface area contributed by atoms with Gasteiger partial charge in [-0.3, -0.25) is 9.12 Å². The van der Waals surface area contributed by atoms with Crippen LogP contribution >= 0.6 is 0 Å².